The van der Waals surface area contributed by atoms with Crippen molar-refractivity contribution in [3.05, 3.63) is 29.3 Å². The van der Waals surface area contributed by atoms with E-state index in [1.54, 1.807) is 6.07 Å². The largest absolute Gasteiger partial charge is 0.326 e. The van der Waals surface area contributed by atoms with Crippen molar-refractivity contribution in [2.45, 2.75) is 31.2 Å². The zero-order valence-electron chi connectivity index (χ0n) is 10.6. The fourth-order valence-corrected chi connectivity index (χ4v) is 3.92. The Bertz CT molecular complexity index is 531. The average molecular weight is 291 g/mol. The summed E-state index contributed by atoms with van der Waals surface area (Å²) in [5, 5.41) is 0. The summed E-state index contributed by atoms with van der Waals surface area (Å²) in [5.41, 5.74) is 7.62. The number of hydrogen-bond donors (Lipinski definition) is 1. The molecule has 1 saturated heterocycles. The highest BCUT2D eigenvalue weighted by Crippen LogP contribution is 2.23. The van der Waals surface area contributed by atoms with Crippen LogP contribution in [0.25, 0.3) is 0 Å². The lowest BCUT2D eigenvalue weighted by molar-refractivity contribution is 0.472. The van der Waals surface area contributed by atoms with Gasteiger partial charge in [-0.15, -0.1) is 12.4 Å². The van der Waals surface area contributed by atoms with Crippen molar-refractivity contribution in [2.24, 2.45) is 5.73 Å². The van der Waals surface area contributed by atoms with Crippen LogP contribution in [0, 0.1) is 13.8 Å². The fraction of sp³-hybridized carbons (Fsp3) is 0.500. The predicted octanol–water partition coefficient (Wildman–Crippen LogP) is 1.45. The molecule has 1 aromatic rings. The van der Waals surface area contributed by atoms with E-state index >= 15 is 0 Å². The molecule has 2 N–H and O–H groups in total. The number of rotatable bonds is 2. The normalized spacial score (nSPS) is 20.7. The van der Waals surface area contributed by atoms with Gasteiger partial charge < -0.3 is 5.73 Å². The second-order valence-corrected chi connectivity index (χ2v) is 6.59. The van der Waals surface area contributed by atoms with Crippen molar-refractivity contribution < 1.29 is 8.42 Å². The summed E-state index contributed by atoms with van der Waals surface area (Å²) in [7, 11) is -3.37. The molecule has 2 rings (SSSR count). The summed E-state index contributed by atoms with van der Waals surface area (Å²) in [6.45, 7) is 4.73. The van der Waals surface area contributed by atoms with Gasteiger partial charge in [0.1, 0.15) is 0 Å². The van der Waals surface area contributed by atoms with Gasteiger partial charge in [-0.25, -0.2) is 8.42 Å². The van der Waals surface area contributed by atoms with Crippen LogP contribution in [-0.4, -0.2) is 31.9 Å². The molecular weight excluding hydrogens is 272 g/mol. The number of benzene rings is 1. The maximum atomic E-state index is 12.4. The number of nitrogens with two attached hydrogens (primary N) is 1. The Morgan fingerprint density at radius 1 is 1.33 bits per heavy atom. The van der Waals surface area contributed by atoms with Crippen molar-refractivity contribution in [3.63, 3.8) is 0 Å². The molecule has 1 aromatic carbocycles. The van der Waals surface area contributed by atoms with Gasteiger partial charge in [0.05, 0.1) is 4.90 Å². The number of aryl methyl sites for hydroxylation is 2. The summed E-state index contributed by atoms with van der Waals surface area (Å²) in [6, 6.07) is 5.37. The second kappa shape index (κ2) is 5.57. The minimum absolute atomic E-state index is 0. The van der Waals surface area contributed by atoms with E-state index in [2.05, 4.69) is 0 Å². The van der Waals surface area contributed by atoms with Crippen molar-refractivity contribution >= 4 is 22.4 Å². The monoisotopic (exact) mass is 290 g/mol. The van der Waals surface area contributed by atoms with Gasteiger partial charge in [0, 0.05) is 19.1 Å². The Kier molecular flexibility index (Phi) is 4.78. The summed E-state index contributed by atoms with van der Waals surface area (Å²) < 4.78 is 26.2. The highest BCUT2D eigenvalue weighted by Gasteiger charge is 2.31. The summed E-state index contributed by atoms with van der Waals surface area (Å²) >= 11 is 0. The zero-order valence-corrected chi connectivity index (χ0v) is 12.2. The molecule has 102 valence electrons. The summed E-state index contributed by atoms with van der Waals surface area (Å²) in [4.78, 5) is 0.400. The first-order chi connectivity index (χ1) is 7.91. The van der Waals surface area contributed by atoms with E-state index in [9.17, 15) is 8.42 Å². The topological polar surface area (TPSA) is 63.4 Å². The van der Waals surface area contributed by atoms with E-state index in [-0.39, 0.29) is 18.4 Å². The molecule has 0 unspecified atom stereocenters. The summed E-state index contributed by atoms with van der Waals surface area (Å²) in [6.07, 6.45) is 0.740. The van der Waals surface area contributed by atoms with Crippen LogP contribution in [0.4, 0.5) is 0 Å². The Hall–Kier alpha value is -0.620. The van der Waals surface area contributed by atoms with Gasteiger partial charge in [-0.3, -0.25) is 0 Å². The highest BCUT2D eigenvalue weighted by atomic mass is 35.5. The molecule has 1 heterocycles. The van der Waals surface area contributed by atoms with E-state index in [1.165, 1.54) is 4.31 Å². The molecule has 1 fully saturated rings. The van der Waals surface area contributed by atoms with Gasteiger partial charge in [-0.1, -0.05) is 17.7 Å². The van der Waals surface area contributed by atoms with Gasteiger partial charge in [0.25, 0.3) is 0 Å². The molecule has 18 heavy (non-hydrogen) atoms. The molecule has 4 nitrogen and oxygen atoms in total. The van der Waals surface area contributed by atoms with E-state index < -0.39 is 10.0 Å². The molecule has 1 aliphatic heterocycles. The lowest BCUT2D eigenvalue weighted by Crippen LogP contribution is -2.32. The molecule has 0 spiro atoms. The van der Waals surface area contributed by atoms with Gasteiger partial charge in [0.2, 0.25) is 10.0 Å². The molecule has 0 bridgehead atoms. The third-order valence-electron chi connectivity index (χ3n) is 3.14. The Balaban J connectivity index is 0.00000162. The lowest BCUT2D eigenvalue weighted by Gasteiger charge is -2.17. The van der Waals surface area contributed by atoms with Crippen molar-refractivity contribution in [3.8, 4) is 0 Å². The second-order valence-electron chi connectivity index (χ2n) is 4.68. The number of halogens is 1. The highest BCUT2D eigenvalue weighted by molar-refractivity contribution is 7.89. The van der Waals surface area contributed by atoms with E-state index in [0.29, 0.717) is 18.0 Å². The van der Waals surface area contributed by atoms with Crippen molar-refractivity contribution in [1.29, 1.82) is 0 Å². The van der Waals surface area contributed by atoms with E-state index in [1.807, 2.05) is 26.0 Å². The first kappa shape index (κ1) is 15.4. The van der Waals surface area contributed by atoms with Crippen LogP contribution in [0.1, 0.15) is 17.5 Å². The Morgan fingerprint density at radius 3 is 2.50 bits per heavy atom. The van der Waals surface area contributed by atoms with Gasteiger partial charge in [-0.05, 0) is 31.9 Å². The van der Waals surface area contributed by atoms with Gasteiger partial charge in [0.15, 0.2) is 0 Å². The molecule has 0 aliphatic carbocycles. The number of nitrogens with zero attached hydrogens (tertiary/aromatic N) is 1. The Morgan fingerprint density at radius 2 is 2.00 bits per heavy atom. The first-order valence-corrected chi connectivity index (χ1v) is 7.18. The molecule has 0 saturated carbocycles. The summed E-state index contributed by atoms with van der Waals surface area (Å²) in [5.74, 6) is 0. The first-order valence-electron chi connectivity index (χ1n) is 5.74. The molecule has 6 heteroatoms. The third kappa shape index (κ3) is 2.85. The predicted molar refractivity (Wildman–Crippen MR) is 74.5 cm³/mol. The van der Waals surface area contributed by atoms with E-state index in [0.717, 1.165) is 17.5 Å². The van der Waals surface area contributed by atoms with Crippen LogP contribution < -0.4 is 5.73 Å². The molecular formula is C12H19ClN2O2S. The van der Waals surface area contributed by atoms with Crippen LogP contribution in [0.15, 0.2) is 23.1 Å². The van der Waals surface area contributed by atoms with E-state index in [4.69, 9.17) is 5.73 Å². The lowest BCUT2D eigenvalue weighted by atomic mass is 10.2. The third-order valence-corrected chi connectivity index (χ3v) is 5.16. The quantitative estimate of drug-likeness (QED) is 0.896. The maximum absolute atomic E-state index is 12.4. The van der Waals surface area contributed by atoms with Crippen LogP contribution in [-0.2, 0) is 10.0 Å². The van der Waals surface area contributed by atoms with Gasteiger partial charge >= 0.3 is 0 Å². The van der Waals surface area contributed by atoms with Crippen LogP contribution >= 0.6 is 12.4 Å². The standard InChI is InChI=1S/C12H18N2O2S.ClH/c1-9-3-4-12(10(2)7-9)17(15,16)14-6-5-11(13)8-14;/h3-4,7,11H,5-6,8,13H2,1-2H3;1H/t11-;/m1./s1. The van der Waals surface area contributed by atoms with Crippen molar-refractivity contribution in [2.75, 3.05) is 13.1 Å². The molecule has 1 atom stereocenters. The van der Waals surface area contributed by atoms with Crippen molar-refractivity contribution in [1.82, 2.24) is 4.31 Å². The number of hydrogen-bond acceptors (Lipinski definition) is 3. The SMILES string of the molecule is Cc1ccc(S(=O)(=O)N2CC[C@@H](N)C2)c(C)c1.Cl. The van der Waals surface area contributed by atoms with Crippen LogP contribution in [0.3, 0.4) is 0 Å². The molecule has 0 aromatic heterocycles. The average Bonchev–Trinajstić information content (AvgIpc) is 2.64. The smallest absolute Gasteiger partial charge is 0.243 e. The zero-order chi connectivity index (χ0) is 12.6. The minimum atomic E-state index is -3.37. The fourth-order valence-electron chi connectivity index (χ4n) is 2.20. The Labute approximate surface area is 115 Å². The molecule has 0 radical (unpaired) electrons. The van der Waals surface area contributed by atoms with Gasteiger partial charge in [-0.2, -0.15) is 4.31 Å². The maximum Gasteiger partial charge on any atom is 0.243 e. The molecule has 0 amide bonds. The molecule has 1 aliphatic rings. The number of sulfonamides is 1. The van der Waals surface area contributed by atoms with Crippen LogP contribution in [0.2, 0.25) is 0 Å². The minimum Gasteiger partial charge on any atom is -0.326 e. The van der Waals surface area contributed by atoms with Crippen LogP contribution in [0.5, 0.6) is 0 Å².